The molecule has 0 saturated heterocycles. The lowest BCUT2D eigenvalue weighted by atomic mass is 10.2. The van der Waals surface area contributed by atoms with Crippen LogP contribution in [-0.4, -0.2) is 37.7 Å². The highest BCUT2D eigenvalue weighted by Gasteiger charge is 2.20. The summed E-state index contributed by atoms with van der Waals surface area (Å²) in [6.45, 7) is 1.72. The van der Waals surface area contributed by atoms with E-state index in [-0.39, 0.29) is 17.2 Å². The molecular formula is C21H23N3O4S. The molecule has 1 aromatic heterocycles. The fourth-order valence-corrected chi connectivity index (χ4v) is 3.90. The molecular weight excluding hydrogens is 390 g/mol. The maximum Gasteiger partial charge on any atom is 0.242 e. The van der Waals surface area contributed by atoms with Crippen molar-refractivity contribution < 1.29 is 17.6 Å². The molecule has 8 heteroatoms. The number of carbonyl (C=O) groups is 1. The number of anilines is 1. The summed E-state index contributed by atoms with van der Waals surface area (Å²) >= 11 is 0. The van der Waals surface area contributed by atoms with Gasteiger partial charge in [-0.3, -0.25) is 4.79 Å². The molecule has 3 aromatic rings. The molecule has 1 amide bonds. The third-order valence-corrected chi connectivity index (χ3v) is 6.37. The van der Waals surface area contributed by atoms with Crippen molar-refractivity contribution in [3.05, 3.63) is 66.2 Å². The number of benzene rings is 2. The zero-order chi connectivity index (χ0) is 21.0. The van der Waals surface area contributed by atoms with Crippen LogP contribution in [0.5, 0.6) is 0 Å². The number of aryl methyl sites for hydroxylation is 2. The van der Waals surface area contributed by atoms with Gasteiger partial charge in [0.15, 0.2) is 11.7 Å². The van der Waals surface area contributed by atoms with Gasteiger partial charge in [-0.05, 0) is 24.6 Å². The van der Waals surface area contributed by atoms with E-state index in [0.29, 0.717) is 29.3 Å². The summed E-state index contributed by atoms with van der Waals surface area (Å²) in [6.07, 6.45) is 2.15. The number of sulfonamides is 1. The lowest BCUT2D eigenvalue weighted by molar-refractivity contribution is -0.116. The molecule has 0 aliphatic carbocycles. The molecule has 2 aromatic carbocycles. The van der Waals surface area contributed by atoms with E-state index in [0.717, 1.165) is 9.87 Å². The molecule has 0 aliphatic heterocycles. The van der Waals surface area contributed by atoms with Crippen molar-refractivity contribution in [2.45, 2.75) is 24.7 Å². The van der Waals surface area contributed by atoms with Crippen molar-refractivity contribution in [2.75, 3.05) is 19.4 Å². The first-order chi connectivity index (χ1) is 13.8. The van der Waals surface area contributed by atoms with E-state index in [1.54, 1.807) is 25.3 Å². The molecule has 0 saturated carbocycles. The SMILES string of the molecule is Cc1ccc(NC(=O)CCc2ncc(-c3ccccc3)o2)cc1S(=O)(=O)N(C)C. The number of rotatable bonds is 7. The third kappa shape index (κ3) is 4.90. The Hall–Kier alpha value is -2.97. The first-order valence-electron chi connectivity index (χ1n) is 9.10. The lowest BCUT2D eigenvalue weighted by Gasteiger charge is -2.15. The molecule has 0 fully saturated rings. The Morgan fingerprint density at radius 3 is 2.55 bits per heavy atom. The maximum atomic E-state index is 12.4. The molecule has 1 N–H and O–H groups in total. The van der Waals surface area contributed by atoms with Crippen molar-refractivity contribution in [3.8, 4) is 11.3 Å². The van der Waals surface area contributed by atoms with Crippen LogP contribution in [0.1, 0.15) is 17.9 Å². The van der Waals surface area contributed by atoms with Gasteiger partial charge in [-0.25, -0.2) is 17.7 Å². The summed E-state index contributed by atoms with van der Waals surface area (Å²) in [6, 6.07) is 14.4. The van der Waals surface area contributed by atoms with Gasteiger partial charge in [-0.1, -0.05) is 36.4 Å². The Morgan fingerprint density at radius 2 is 1.86 bits per heavy atom. The van der Waals surface area contributed by atoms with Crippen LogP contribution in [-0.2, 0) is 21.2 Å². The van der Waals surface area contributed by atoms with Gasteiger partial charge in [0.1, 0.15) is 0 Å². The van der Waals surface area contributed by atoms with E-state index in [4.69, 9.17) is 4.42 Å². The normalized spacial score (nSPS) is 11.6. The quantitative estimate of drug-likeness (QED) is 0.640. The fourth-order valence-electron chi connectivity index (χ4n) is 2.76. The van der Waals surface area contributed by atoms with E-state index in [1.165, 1.54) is 20.2 Å². The first kappa shape index (κ1) is 20.8. The highest BCUT2D eigenvalue weighted by molar-refractivity contribution is 7.89. The molecule has 1 heterocycles. The summed E-state index contributed by atoms with van der Waals surface area (Å²) < 4.78 is 31.7. The smallest absolute Gasteiger partial charge is 0.242 e. The van der Waals surface area contributed by atoms with Crippen LogP contribution in [0.2, 0.25) is 0 Å². The van der Waals surface area contributed by atoms with E-state index >= 15 is 0 Å². The Kier molecular flexibility index (Phi) is 6.14. The zero-order valence-electron chi connectivity index (χ0n) is 16.5. The van der Waals surface area contributed by atoms with Crippen molar-refractivity contribution in [1.82, 2.24) is 9.29 Å². The minimum atomic E-state index is -3.59. The Balaban J connectivity index is 1.64. The minimum Gasteiger partial charge on any atom is -0.441 e. The van der Waals surface area contributed by atoms with Gasteiger partial charge in [0.05, 0.1) is 11.1 Å². The van der Waals surface area contributed by atoms with Crippen LogP contribution in [0, 0.1) is 6.92 Å². The minimum absolute atomic E-state index is 0.165. The van der Waals surface area contributed by atoms with Gasteiger partial charge in [0.25, 0.3) is 0 Å². The number of nitrogens with zero attached hydrogens (tertiary/aromatic N) is 2. The zero-order valence-corrected chi connectivity index (χ0v) is 17.4. The second kappa shape index (κ2) is 8.59. The van der Waals surface area contributed by atoms with Crippen molar-refractivity contribution in [2.24, 2.45) is 0 Å². The summed E-state index contributed by atoms with van der Waals surface area (Å²) in [5.74, 6) is 0.873. The van der Waals surface area contributed by atoms with E-state index in [1.807, 2.05) is 30.3 Å². The van der Waals surface area contributed by atoms with Gasteiger partial charge in [0, 0.05) is 38.2 Å². The monoisotopic (exact) mass is 413 g/mol. The molecule has 29 heavy (non-hydrogen) atoms. The summed E-state index contributed by atoms with van der Waals surface area (Å²) in [7, 11) is -0.643. The van der Waals surface area contributed by atoms with Crippen LogP contribution in [0.15, 0.2) is 64.0 Å². The largest absolute Gasteiger partial charge is 0.441 e. The first-order valence-corrected chi connectivity index (χ1v) is 10.5. The summed E-state index contributed by atoms with van der Waals surface area (Å²) in [5.41, 5.74) is 1.97. The summed E-state index contributed by atoms with van der Waals surface area (Å²) in [4.78, 5) is 16.7. The van der Waals surface area contributed by atoms with Gasteiger partial charge >= 0.3 is 0 Å². The average molecular weight is 413 g/mol. The Morgan fingerprint density at radius 1 is 1.14 bits per heavy atom. The number of carbonyl (C=O) groups excluding carboxylic acids is 1. The fraction of sp³-hybridized carbons (Fsp3) is 0.238. The van der Waals surface area contributed by atoms with Crippen molar-refractivity contribution in [3.63, 3.8) is 0 Å². The van der Waals surface area contributed by atoms with Crippen LogP contribution in [0.3, 0.4) is 0 Å². The molecule has 0 unspecified atom stereocenters. The molecule has 3 rings (SSSR count). The topological polar surface area (TPSA) is 92.5 Å². The Labute approximate surface area is 170 Å². The number of nitrogens with one attached hydrogen (secondary N) is 1. The van der Waals surface area contributed by atoms with Gasteiger partial charge in [-0.2, -0.15) is 0 Å². The molecule has 0 radical (unpaired) electrons. The predicted octanol–water partition coefficient (Wildman–Crippen LogP) is 3.47. The van der Waals surface area contributed by atoms with Crippen LogP contribution < -0.4 is 5.32 Å². The van der Waals surface area contributed by atoms with E-state index in [2.05, 4.69) is 10.3 Å². The van der Waals surface area contributed by atoms with Crippen molar-refractivity contribution in [1.29, 1.82) is 0 Å². The number of hydrogen-bond acceptors (Lipinski definition) is 5. The molecule has 152 valence electrons. The number of oxazole rings is 1. The molecule has 7 nitrogen and oxygen atoms in total. The highest BCUT2D eigenvalue weighted by Crippen LogP contribution is 2.23. The van der Waals surface area contributed by atoms with Gasteiger partial charge in [-0.15, -0.1) is 0 Å². The van der Waals surface area contributed by atoms with Crippen LogP contribution >= 0.6 is 0 Å². The molecule has 0 bridgehead atoms. The second-order valence-corrected chi connectivity index (χ2v) is 8.92. The van der Waals surface area contributed by atoms with Crippen LogP contribution in [0.4, 0.5) is 5.69 Å². The second-order valence-electron chi connectivity index (χ2n) is 6.80. The standard InChI is InChI=1S/C21H23N3O4S/c1-15-9-10-17(13-19(15)29(26,27)24(2)3)23-20(25)11-12-21-22-14-18(28-21)16-7-5-4-6-8-16/h4-10,13-14H,11-12H2,1-3H3,(H,23,25). The third-order valence-electron chi connectivity index (χ3n) is 4.41. The average Bonchev–Trinajstić information content (AvgIpc) is 3.17. The molecule has 0 spiro atoms. The van der Waals surface area contributed by atoms with Gasteiger partial charge in [0.2, 0.25) is 15.9 Å². The number of hydrogen-bond donors (Lipinski definition) is 1. The maximum absolute atomic E-state index is 12.4. The highest BCUT2D eigenvalue weighted by atomic mass is 32.2. The number of aromatic nitrogens is 1. The van der Waals surface area contributed by atoms with Crippen LogP contribution in [0.25, 0.3) is 11.3 Å². The Bertz CT molecular complexity index is 1110. The van der Waals surface area contributed by atoms with Crippen molar-refractivity contribution >= 4 is 21.6 Å². The van der Waals surface area contributed by atoms with E-state index < -0.39 is 10.0 Å². The predicted molar refractivity (Wildman–Crippen MR) is 111 cm³/mol. The molecule has 0 atom stereocenters. The lowest BCUT2D eigenvalue weighted by Crippen LogP contribution is -2.23. The molecule has 0 aliphatic rings. The summed E-state index contributed by atoms with van der Waals surface area (Å²) in [5, 5.41) is 2.74. The van der Waals surface area contributed by atoms with Gasteiger partial charge < -0.3 is 9.73 Å². The number of amides is 1. The van der Waals surface area contributed by atoms with E-state index in [9.17, 15) is 13.2 Å².